The molecule has 1 aromatic heterocycles. The molecule has 0 saturated carbocycles. The molecule has 0 aliphatic rings. The summed E-state index contributed by atoms with van der Waals surface area (Å²) in [4.78, 5) is 27.0. The van der Waals surface area contributed by atoms with E-state index in [2.05, 4.69) is 10.3 Å². The Morgan fingerprint density at radius 3 is 2.70 bits per heavy atom. The van der Waals surface area contributed by atoms with E-state index in [1.165, 1.54) is 11.8 Å². The topological polar surface area (TPSA) is 71.2 Å². The van der Waals surface area contributed by atoms with Gasteiger partial charge in [-0.2, -0.15) is 0 Å². The van der Waals surface area contributed by atoms with E-state index in [1.807, 2.05) is 36.5 Å². The summed E-state index contributed by atoms with van der Waals surface area (Å²) in [5, 5.41) is 5.13. The average Bonchev–Trinajstić information content (AvgIpc) is 3.14. The molecule has 1 atom stereocenters. The van der Waals surface area contributed by atoms with Gasteiger partial charge in [-0.15, -0.1) is 11.8 Å². The van der Waals surface area contributed by atoms with Crippen molar-refractivity contribution >= 4 is 57.7 Å². The maximum absolute atomic E-state index is 12.3. The first-order valence-corrected chi connectivity index (χ1v) is 11.4. The third-order valence-corrected chi connectivity index (χ3v) is 6.06. The van der Waals surface area contributed by atoms with Crippen LogP contribution in [0.1, 0.15) is 24.0 Å². The number of hydrogen-bond donors (Lipinski definition) is 2. The fraction of sp³-hybridized carbons (Fsp3) is 0.273. The third kappa shape index (κ3) is 5.72. The van der Waals surface area contributed by atoms with Crippen LogP contribution in [0.5, 0.6) is 0 Å². The first-order chi connectivity index (χ1) is 14.5. The van der Waals surface area contributed by atoms with Crippen molar-refractivity contribution in [2.24, 2.45) is 0 Å². The van der Waals surface area contributed by atoms with Crippen molar-refractivity contribution in [3.63, 3.8) is 0 Å². The van der Waals surface area contributed by atoms with Crippen molar-refractivity contribution < 1.29 is 14.3 Å². The SMILES string of the molecule is CCOC(=O)CSCC(=O)NC[C@H](c1ccc(Cl)cc1Cl)c1c[nH]c2ccccc12. The lowest BCUT2D eigenvalue weighted by Gasteiger charge is -2.19. The normalized spacial score (nSPS) is 12.0. The Labute approximate surface area is 189 Å². The number of carbonyl (C=O) groups excluding carboxylic acids is 2. The zero-order valence-corrected chi connectivity index (χ0v) is 18.7. The van der Waals surface area contributed by atoms with Crippen LogP contribution < -0.4 is 5.32 Å². The van der Waals surface area contributed by atoms with Gasteiger partial charge in [0.1, 0.15) is 0 Å². The molecule has 0 aliphatic heterocycles. The van der Waals surface area contributed by atoms with Gasteiger partial charge in [0, 0.05) is 39.6 Å². The van der Waals surface area contributed by atoms with Crippen molar-refractivity contribution in [3.05, 3.63) is 69.8 Å². The minimum absolute atomic E-state index is 0.149. The smallest absolute Gasteiger partial charge is 0.315 e. The number of carbonyl (C=O) groups is 2. The van der Waals surface area contributed by atoms with Crippen LogP contribution in [-0.4, -0.2) is 41.5 Å². The van der Waals surface area contributed by atoms with Gasteiger partial charge in [-0.05, 0) is 36.2 Å². The molecule has 3 aromatic rings. The Bertz CT molecular complexity index is 1040. The number of ether oxygens (including phenoxy) is 1. The lowest BCUT2D eigenvalue weighted by Crippen LogP contribution is -2.30. The highest BCUT2D eigenvalue weighted by Gasteiger charge is 2.21. The number of esters is 1. The molecule has 3 rings (SSSR count). The van der Waals surface area contributed by atoms with Gasteiger partial charge >= 0.3 is 5.97 Å². The number of hydrogen-bond acceptors (Lipinski definition) is 4. The molecule has 0 aliphatic carbocycles. The molecule has 2 aromatic carbocycles. The van der Waals surface area contributed by atoms with Crippen molar-refractivity contribution in [2.45, 2.75) is 12.8 Å². The molecule has 0 unspecified atom stereocenters. The molecule has 1 heterocycles. The van der Waals surface area contributed by atoms with Crippen molar-refractivity contribution in [2.75, 3.05) is 24.7 Å². The zero-order chi connectivity index (χ0) is 21.5. The minimum Gasteiger partial charge on any atom is -0.465 e. The van der Waals surface area contributed by atoms with E-state index in [-0.39, 0.29) is 29.3 Å². The molecule has 1 amide bonds. The van der Waals surface area contributed by atoms with E-state index in [9.17, 15) is 9.59 Å². The second-order valence-corrected chi connectivity index (χ2v) is 8.44. The molecule has 30 heavy (non-hydrogen) atoms. The predicted molar refractivity (Wildman–Crippen MR) is 124 cm³/mol. The Hall–Kier alpha value is -2.15. The number of H-pyrrole nitrogens is 1. The highest BCUT2D eigenvalue weighted by Crippen LogP contribution is 2.35. The molecule has 5 nitrogen and oxygen atoms in total. The maximum Gasteiger partial charge on any atom is 0.315 e. The van der Waals surface area contributed by atoms with Crippen LogP contribution in [-0.2, 0) is 14.3 Å². The van der Waals surface area contributed by atoms with Crippen LogP contribution in [0.25, 0.3) is 10.9 Å². The Morgan fingerprint density at radius 2 is 1.93 bits per heavy atom. The highest BCUT2D eigenvalue weighted by atomic mass is 35.5. The van der Waals surface area contributed by atoms with E-state index < -0.39 is 0 Å². The summed E-state index contributed by atoms with van der Waals surface area (Å²) in [5.74, 6) is -0.312. The fourth-order valence-electron chi connectivity index (χ4n) is 3.25. The van der Waals surface area contributed by atoms with Crippen LogP contribution in [0, 0.1) is 0 Å². The number of benzene rings is 2. The molecule has 2 N–H and O–H groups in total. The molecule has 8 heteroatoms. The fourth-order valence-corrected chi connectivity index (χ4v) is 4.43. The van der Waals surface area contributed by atoms with E-state index in [0.29, 0.717) is 23.2 Å². The summed E-state index contributed by atoms with van der Waals surface area (Å²) in [6, 6.07) is 13.4. The summed E-state index contributed by atoms with van der Waals surface area (Å²) >= 11 is 13.8. The van der Waals surface area contributed by atoms with E-state index in [0.717, 1.165) is 22.0 Å². The van der Waals surface area contributed by atoms with Crippen LogP contribution in [0.3, 0.4) is 0 Å². The van der Waals surface area contributed by atoms with Crippen LogP contribution >= 0.6 is 35.0 Å². The molecule has 0 saturated heterocycles. The van der Waals surface area contributed by atoms with Gasteiger partial charge < -0.3 is 15.0 Å². The Balaban J connectivity index is 1.76. The van der Waals surface area contributed by atoms with Crippen LogP contribution in [0.4, 0.5) is 0 Å². The first-order valence-electron chi connectivity index (χ1n) is 9.50. The standard InChI is InChI=1S/C22H22Cl2N2O3S/c1-2-29-22(28)13-30-12-21(27)26-11-17(15-8-7-14(23)9-19(15)24)18-10-25-20-6-4-3-5-16(18)20/h3-10,17,25H,2,11-13H2,1H3,(H,26,27)/t17-/m1/s1. The minimum atomic E-state index is -0.320. The Kier molecular flexibility index (Phi) is 8.08. The monoisotopic (exact) mass is 464 g/mol. The Morgan fingerprint density at radius 1 is 1.13 bits per heavy atom. The summed E-state index contributed by atoms with van der Waals surface area (Å²) in [6.07, 6.45) is 1.95. The van der Waals surface area contributed by atoms with Gasteiger partial charge in [-0.1, -0.05) is 47.5 Å². The van der Waals surface area contributed by atoms with E-state index >= 15 is 0 Å². The van der Waals surface area contributed by atoms with Gasteiger partial charge in [0.05, 0.1) is 18.1 Å². The second kappa shape index (κ2) is 10.8. The molecular formula is C22H22Cl2N2O3S. The van der Waals surface area contributed by atoms with Crippen LogP contribution in [0.2, 0.25) is 10.0 Å². The van der Waals surface area contributed by atoms with E-state index in [4.69, 9.17) is 27.9 Å². The van der Waals surface area contributed by atoms with Crippen molar-refractivity contribution in [1.29, 1.82) is 0 Å². The number of para-hydroxylation sites is 1. The van der Waals surface area contributed by atoms with Crippen LogP contribution in [0.15, 0.2) is 48.7 Å². The lowest BCUT2D eigenvalue weighted by molar-refractivity contribution is -0.139. The lowest BCUT2D eigenvalue weighted by atomic mass is 9.90. The quantitative estimate of drug-likeness (QED) is 0.436. The maximum atomic E-state index is 12.3. The average molecular weight is 465 g/mol. The van der Waals surface area contributed by atoms with E-state index in [1.54, 1.807) is 19.1 Å². The summed E-state index contributed by atoms with van der Waals surface area (Å²) < 4.78 is 4.87. The van der Waals surface area contributed by atoms with Crippen molar-refractivity contribution in [3.8, 4) is 0 Å². The number of aromatic amines is 1. The molecular weight excluding hydrogens is 443 g/mol. The highest BCUT2D eigenvalue weighted by molar-refractivity contribution is 8.00. The molecule has 0 fully saturated rings. The molecule has 0 spiro atoms. The summed E-state index contributed by atoms with van der Waals surface area (Å²) in [5.41, 5.74) is 2.93. The predicted octanol–water partition coefficient (Wildman–Crippen LogP) is 5.02. The summed E-state index contributed by atoms with van der Waals surface area (Å²) in [7, 11) is 0. The number of halogens is 2. The molecule has 158 valence electrons. The number of rotatable bonds is 9. The summed E-state index contributed by atoms with van der Waals surface area (Å²) in [6.45, 7) is 2.45. The number of aromatic nitrogens is 1. The van der Waals surface area contributed by atoms with Gasteiger partial charge in [0.15, 0.2) is 0 Å². The number of fused-ring (bicyclic) bond motifs is 1. The number of nitrogens with one attached hydrogen (secondary N) is 2. The van der Waals surface area contributed by atoms with Gasteiger partial charge in [-0.3, -0.25) is 9.59 Å². The van der Waals surface area contributed by atoms with Gasteiger partial charge in [0.2, 0.25) is 5.91 Å². The van der Waals surface area contributed by atoms with Crippen molar-refractivity contribution in [1.82, 2.24) is 10.3 Å². The second-order valence-electron chi connectivity index (χ2n) is 6.61. The van der Waals surface area contributed by atoms with Gasteiger partial charge in [0.25, 0.3) is 0 Å². The third-order valence-electron chi connectivity index (χ3n) is 4.60. The largest absolute Gasteiger partial charge is 0.465 e. The van der Waals surface area contributed by atoms with Gasteiger partial charge in [-0.25, -0.2) is 0 Å². The number of amides is 1. The molecule has 0 bridgehead atoms. The zero-order valence-electron chi connectivity index (χ0n) is 16.4. The molecule has 0 radical (unpaired) electrons. The first kappa shape index (κ1) is 22.5. The number of thioether (sulfide) groups is 1.